The Morgan fingerprint density at radius 3 is 1.91 bits per heavy atom. The first-order valence-corrected chi connectivity index (χ1v) is 10.6. The van der Waals surface area contributed by atoms with Crippen LogP contribution in [0.1, 0.15) is 124 Å². The van der Waals surface area contributed by atoms with Crippen LogP contribution in [0.3, 0.4) is 0 Å². The quantitative estimate of drug-likeness (QED) is 0.230. The molecule has 0 bridgehead atoms. The molecule has 0 saturated heterocycles. The fraction of sp³-hybridized carbons (Fsp3) is 0.909. The van der Waals surface area contributed by atoms with Gasteiger partial charge >= 0.3 is 0 Å². The summed E-state index contributed by atoms with van der Waals surface area (Å²) in [5, 5.41) is 0. The minimum absolute atomic E-state index is 0.0787. The van der Waals surface area contributed by atoms with Crippen LogP contribution >= 0.6 is 0 Å². The van der Waals surface area contributed by atoms with Crippen LogP contribution in [0.5, 0.6) is 0 Å². The number of allylic oxidation sites excluding steroid dienone is 1. The molecule has 0 aromatic heterocycles. The number of unbranched alkanes of at least 4 members (excludes halogenated alkanes) is 10. The summed E-state index contributed by atoms with van der Waals surface area (Å²) < 4.78 is 0. The van der Waals surface area contributed by atoms with Gasteiger partial charge in [0.1, 0.15) is 0 Å². The van der Waals surface area contributed by atoms with E-state index in [0.717, 1.165) is 6.42 Å². The summed E-state index contributed by atoms with van der Waals surface area (Å²) in [5.41, 5.74) is 8.19. The lowest BCUT2D eigenvalue weighted by molar-refractivity contribution is 0.444. The molecule has 0 aromatic rings. The minimum atomic E-state index is -0.0787. The van der Waals surface area contributed by atoms with Crippen LogP contribution in [0.25, 0.3) is 0 Å². The van der Waals surface area contributed by atoms with Crippen molar-refractivity contribution in [2.45, 2.75) is 130 Å². The van der Waals surface area contributed by atoms with Crippen LogP contribution in [0.2, 0.25) is 0 Å². The summed E-state index contributed by atoms with van der Waals surface area (Å²) in [6.45, 7) is 9.11. The van der Waals surface area contributed by atoms with Crippen LogP contribution in [0.4, 0.5) is 0 Å². The van der Waals surface area contributed by atoms with Gasteiger partial charge in [0.15, 0.2) is 0 Å². The Morgan fingerprint density at radius 1 is 0.739 bits per heavy atom. The second-order valence-electron chi connectivity index (χ2n) is 7.62. The molecule has 0 heterocycles. The average molecular weight is 324 g/mol. The first kappa shape index (κ1) is 22.7. The van der Waals surface area contributed by atoms with Crippen molar-refractivity contribution in [2.75, 3.05) is 0 Å². The molecule has 2 N–H and O–H groups in total. The van der Waals surface area contributed by atoms with E-state index in [-0.39, 0.29) is 5.54 Å². The maximum absolute atomic E-state index is 6.73. The van der Waals surface area contributed by atoms with E-state index in [1.807, 2.05) is 0 Å². The van der Waals surface area contributed by atoms with Crippen molar-refractivity contribution >= 4 is 0 Å². The molecule has 138 valence electrons. The normalized spacial score (nSPS) is 14.9. The molecule has 1 nitrogen and oxygen atoms in total. The highest BCUT2D eigenvalue weighted by Gasteiger charge is 2.22. The van der Waals surface area contributed by atoms with E-state index in [2.05, 4.69) is 33.8 Å². The topological polar surface area (TPSA) is 26.0 Å². The highest BCUT2D eigenvalue weighted by atomic mass is 14.7. The molecular formula is C22H45N. The smallest absolute Gasteiger partial charge is 0.0340 e. The summed E-state index contributed by atoms with van der Waals surface area (Å²) in [7, 11) is 0. The summed E-state index contributed by atoms with van der Waals surface area (Å²) >= 11 is 0. The predicted molar refractivity (Wildman–Crippen MR) is 107 cm³/mol. The molecule has 1 heteroatoms. The highest BCUT2D eigenvalue weighted by molar-refractivity contribution is 5.17. The first-order valence-electron chi connectivity index (χ1n) is 10.6. The van der Waals surface area contributed by atoms with Gasteiger partial charge in [-0.3, -0.25) is 0 Å². The largest absolute Gasteiger partial charge is 0.322 e. The van der Waals surface area contributed by atoms with E-state index in [4.69, 9.17) is 5.73 Å². The molecule has 0 aliphatic carbocycles. The Hall–Kier alpha value is -0.300. The Bertz CT molecular complexity index is 278. The number of hydrogen-bond donors (Lipinski definition) is 1. The summed E-state index contributed by atoms with van der Waals surface area (Å²) in [5.74, 6) is 0. The molecule has 0 spiro atoms. The fourth-order valence-corrected chi connectivity index (χ4v) is 3.29. The molecule has 23 heavy (non-hydrogen) atoms. The lowest BCUT2D eigenvalue weighted by atomic mass is 9.83. The zero-order valence-corrected chi connectivity index (χ0v) is 16.8. The zero-order chi connectivity index (χ0) is 17.4. The predicted octanol–water partition coefficient (Wildman–Crippen LogP) is 7.54. The maximum atomic E-state index is 6.73. The van der Waals surface area contributed by atoms with Gasteiger partial charge in [-0.2, -0.15) is 0 Å². The van der Waals surface area contributed by atoms with Crippen LogP contribution < -0.4 is 5.73 Å². The second kappa shape index (κ2) is 15.2. The highest BCUT2D eigenvalue weighted by Crippen LogP contribution is 2.27. The number of rotatable bonds is 16. The Kier molecular flexibility index (Phi) is 15.0. The molecule has 1 atom stereocenters. The molecule has 0 aliphatic rings. The molecule has 0 aromatic carbocycles. The van der Waals surface area contributed by atoms with Crippen molar-refractivity contribution in [2.24, 2.45) is 5.73 Å². The first-order chi connectivity index (χ1) is 11.1. The molecular weight excluding hydrogens is 278 g/mol. The van der Waals surface area contributed by atoms with Gasteiger partial charge in [-0.1, -0.05) is 96.6 Å². The molecule has 0 aliphatic heterocycles. The minimum Gasteiger partial charge on any atom is -0.322 e. The molecule has 0 amide bonds. The lowest BCUT2D eigenvalue weighted by Crippen LogP contribution is -2.38. The average Bonchev–Trinajstić information content (AvgIpc) is 2.53. The van der Waals surface area contributed by atoms with Gasteiger partial charge in [0.2, 0.25) is 0 Å². The lowest BCUT2D eigenvalue weighted by Gasteiger charge is -2.29. The third kappa shape index (κ3) is 12.8. The van der Waals surface area contributed by atoms with Crippen molar-refractivity contribution in [3.63, 3.8) is 0 Å². The summed E-state index contributed by atoms with van der Waals surface area (Å²) in [4.78, 5) is 0. The number of nitrogens with two attached hydrogens (primary N) is 1. The van der Waals surface area contributed by atoms with E-state index >= 15 is 0 Å². The van der Waals surface area contributed by atoms with Gasteiger partial charge in [-0.05, 0) is 39.0 Å². The van der Waals surface area contributed by atoms with Gasteiger partial charge in [-0.15, -0.1) is 0 Å². The molecule has 0 radical (unpaired) electrons. The molecule has 1 unspecified atom stereocenters. The van der Waals surface area contributed by atoms with Gasteiger partial charge in [0, 0.05) is 5.54 Å². The van der Waals surface area contributed by atoms with Crippen molar-refractivity contribution in [3.05, 3.63) is 11.6 Å². The van der Waals surface area contributed by atoms with Crippen LogP contribution in [0.15, 0.2) is 11.6 Å². The van der Waals surface area contributed by atoms with E-state index in [9.17, 15) is 0 Å². The van der Waals surface area contributed by atoms with E-state index in [1.165, 1.54) is 95.5 Å². The Balaban J connectivity index is 4.32. The van der Waals surface area contributed by atoms with Crippen LogP contribution in [-0.2, 0) is 0 Å². The monoisotopic (exact) mass is 323 g/mol. The third-order valence-corrected chi connectivity index (χ3v) is 5.03. The zero-order valence-electron chi connectivity index (χ0n) is 16.8. The molecule has 0 rings (SSSR count). The van der Waals surface area contributed by atoms with E-state index < -0.39 is 0 Å². The van der Waals surface area contributed by atoms with E-state index in [0.29, 0.717) is 0 Å². The number of hydrogen-bond acceptors (Lipinski definition) is 1. The summed E-state index contributed by atoms with van der Waals surface area (Å²) in [6, 6.07) is 0. The SMILES string of the molecule is CCCCC/C=C(\CCCCC)C(C)(N)CCCCCCCC. The van der Waals surface area contributed by atoms with Crippen LogP contribution in [-0.4, -0.2) is 5.54 Å². The fourth-order valence-electron chi connectivity index (χ4n) is 3.29. The maximum Gasteiger partial charge on any atom is 0.0340 e. The van der Waals surface area contributed by atoms with Crippen molar-refractivity contribution in [1.82, 2.24) is 0 Å². The van der Waals surface area contributed by atoms with Crippen LogP contribution in [0, 0.1) is 0 Å². The van der Waals surface area contributed by atoms with Crippen molar-refractivity contribution in [3.8, 4) is 0 Å². The second-order valence-corrected chi connectivity index (χ2v) is 7.62. The standard InChI is InChI=1S/C22H45N/c1-5-8-11-13-14-17-20-22(4,23)21(18-15-10-7-3)19-16-12-9-6-2/h19H,5-18,20,23H2,1-4H3/b21-19+. The van der Waals surface area contributed by atoms with Gasteiger partial charge in [0.05, 0.1) is 0 Å². The van der Waals surface area contributed by atoms with E-state index in [1.54, 1.807) is 0 Å². The Morgan fingerprint density at radius 2 is 1.26 bits per heavy atom. The molecule has 0 saturated carbocycles. The van der Waals surface area contributed by atoms with Gasteiger partial charge < -0.3 is 5.73 Å². The summed E-state index contributed by atoms with van der Waals surface area (Å²) in [6.07, 6.45) is 22.1. The Labute approximate surface area is 147 Å². The third-order valence-electron chi connectivity index (χ3n) is 5.03. The van der Waals surface area contributed by atoms with Gasteiger partial charge in [-0.25, -0.2) is 0 Å². The van der Waals surface area contributed by atoms with Crippen molar-refractivity contribution in [1.29, 1.82) is 0 Å². The van der Waals surface area contributed by atoms with Crippen molar-refractivity contribution < 1.29 is 0 Å². The van der Waals surface area contributed by atoms with Gasteiger partial charge in [0.25, 0.3) is 0 Å². The molecule has 0 fully saturated rings.